The summed E-state index contributed by atoms with van der Waals surface area (Å²) < 4.78 is 0. The topological polar surface area (TPSA) is 50.3 Å². The Bertz CT molecular complexity index is 424. The Morgan fingerprint density at radius 2 is 2.06 bits per heavy atom. The van der Waals surface area contributed by atoms with E-state index in [0.717, 1.165) is 19.3 Å². The molecule has 2 amide bonds. The lowest BCUT2D eigenvalue weighted by Gasteiger charge is -2.36. The molecule has 0 aromatic carbocycles. The third kappa shape index (κ3) is 2.61. The first-order chi connectivity index (χ1) is 8.56. The number of thiazole rings is 1. The lowest BCUT2D eigenvalue weighted by atomic mass is 9.76. The van der Waals surface area contributed by atoms with Gasteiger partial charge in [0.25, 0.3) is 0 Å². The van der Waals surface area contributed by atoms with Gasteiger partial charge in [0.1, 0.15) is 0 Å². The van der Waals surface area contributed by atoms with E-state index in [0.29, 0.717) is 18.0 Å². The van der Waals surface area contributed by atoms with Gasteiger partial charge in [-0.15, -0.1) is 11.3 Å². The molecular weight excluding hydrogens is 248 g/mol. The SMILES string of the molecule is CCCCC1(C)CC(=O)N(c2nccs2)C(=O)C1. The smallest absolute Gasteiger partial charge is 0.236 e. The molecule has 0 bridgehead atoms. The summed E-state index contributed by atoms with van der Waals surface area (Å²) in [6.45, 7) is 4.16. The van der Waals surface area contributed by atoms with Crippen LogP contribution >= 0.6 is 11.3 Å². The predicted molar refractivity (Wildman–Crippen MR) is 71.5 cm³/mol. The Kier molecular flexibility index (Phi) is 3.80. The molecule has 1 fully saturated rings. The number of amides is 2. The van der Waals surface area contributed by atoms with Gasteiger partial charge in [-0.05, 0) is 11.8 Å². The molecule has 0 N–H and O–H groups in total. The number of imide groups is 1. The fourth-order valence-corrected chi connectivity index (χ4v) is 3.08. The van der Waals surface area contributed by atoms with Crippen molar-refractivity contribution in [2.45, 2.75) is 46.0 Å². The summed E-state index contributed by atoms with van der Waals surface area (Å²) >= 11 is 1.33. The molecule has 1 saturated heterocycles. The largest absolute Gasteiger partial charge is 0.274 e. The summed E-state index contributed by atoms with van der Waals surface area (Å²) in [6.07, 6.45) is 5.59. The third-order valence-electron chi connectivity index (χ3n) is 3.40. The van der Waals surface area contributed by atoms with Crippen LogP contribution in [0.5, 0.6) is 0 Å². The number of carbonyl (C=O) groups excluding carboxylic acids is 2. The Morgan fingerprint density at radius 1 is 1.39 bits per heavy atom. The summed E-state index contributed by atoms with van der Waals surface area (Å²) in [5.74, 6) is -0.223. The van der Waals surface area contributed by atoms with Crippen molar-refractivity contribution >= 4 is 28.3 Å². The second-order valence-electron chi connectivity index (χ2n) is 5.21. The molecule has 0 radical (unpaired) electrons. The van der Waals surface area contributed by atoms with Crippen LogP contribution in [0.4, 0.5) is 5.13 Å². The molecule has 98 valence electrons. The molecular formula is C13H18N2O2S. The molecule has 0 atom stereocenters. The zero-order chi connectivity index (χ0) is 13.2. The Labute approximate surface area is 111 Å². The highest BCUT2D eigenvalue weighted by atomic mass is 32.1. The minimum atomic E-state index is -0.169. The number of rotatable bonds is 4. The van der Waals surface area contributed by atoms with Crippen molar-refractivity contribution in [2.24, 2.45) is 5.41 Å². The summed E-state index contributed by atoms with van der Waals surface area (Å²) in [7, 11) is 0. The van der Waals surface area contributed by atoms with E-state index >= 15 is 0 Å². The lowest BCUT2D eigenvalue weighted by Crippen LogP contribution is -2.47. The number of carbonyl (C=O) groups is 2. The van der Waals surface area contributed by atoms with Crippen LogP contribution in [0.2, 0.25) is 0 Å². The van der Waals surface area contributed by atoms with Crippen molar-refractivity contribution in [3.05, 3.63) is 11.6 Å². The van der Waals surface area contributed by atoms with E-state index in [2.05, 4.69) is 11.9 Å². The van der Waals surface area contributed by atoms with Gasteiger partial charge in [0.2, 0.25) is 11.8 Å². The highest BCUT2D eigenvalue weighted by molar-refractivity contribution is 7.14. The van der Waals surface area contributed by atoms with Crippen LogP contribution in [0.3, 0.4) is 0 Å². The Hall–Kier alpha value is -1.23. The molecule has 0 unspecified atom stereocenters. The summed E-state index contributed by atoms with van der Waals surface area (Å²) in [5, 5.41) is 2.28. The van der Waals surface area contributed by atoms with Gasteiger partial charge >= 0.3 is 0 Å². The summed E-state index contributed by atoms with van der Waals surface area (Å²) in [6, 6.07) is 0. The first-order valence-electron chi connectivity index (χ1n) is 6.31. The van der Waals surface area contributed by atoms with E-state index in [4.69, 9.17) is 0 Å². The third-order valence-corrected chi connectivity index (χ3v) is 4.16. The van der Waals surface area contributed by atoms with Gasteiger partial charge in [0.05, 0.1) is 0 Å². The molecule has 5 heteroatoms. The van der Waals surface area contributed by atoms with Gasteiger partial charge in [0, 0.05) is 24.4 Å². The molecule has 1 aliphatic heterocycles. The zero-order valence-corrected chi connectivity index (χ0v) is 11.6. The maximum absolute atomic E-state index is 12.2. The second-order valence-corrected chi connectivity index (χ2v) is 6.08. The van der Waals surface area contributed by atoms with Gasteiger partial charge in [0.15, 0.2) is 5.13 Å². The molecule has 1 aromatic rings. The number of unbranched alkanes of at least 4 members (excludes halogenated alkanes) is 1. The van der Waals surface area contributed by atoms with Gasteiger partial charge in [-0.1, -0.05) is 26.7 Å². The van der Waals surface area contributed by atoms with E-state index in [1.165, 1.54) is 16.2 Å². The van der Waals surface area contributed by atoms with Gasteiger partial charge in [-0.3, -0.25) is 9.59 Å². The second kappa shape index (κ2) is 5.18. The monoisotopic (exact) mass is 266 g/mol. The van der Waals surface area contributed by atoms with Crippen molar-refractivity contribution in [1.29, 1.82) is 0 Å². The van der Waals surface area contributed by atoms with E-state index in [1.807, 2.05) is 6.92 Å². The van der Waals surface area contributed by atoms with Crippen molar-refractivity contribution in [1.82, 2.24) is 4.98 Å². The van der Waals surface area contributed by atoms with Gasteiger partial charge in [-0.2, -0.15) is 0 Å². The first-order valence-corrected chi connectivity index (χ1v) is 7.19. The van der Waals surface area contributed by atoms with Crippen LogP contribution in [-0.2, 0) is 9.59 Å². The van der Waals surface area contributed by atoms with Crippen molar-refractivity contribution < 1.29 is 9.59 Å². The maximum Gasteiger partial charge on any atom is 0.236 e. The van der Waals surface area contributed by atoms with Crippen LogP contribution in [0, 0.1) is 5.41 Å². The normalized spacial score (nSPS) is 19.3. The lowest BCUT2D eigenvalue weighted by molar-refractivity contribution is -0.133. The highest BCUT2D eigenvalue weighted by Crippen LogP contribution is 2.38. The minimum Gasteiger partial charge on any atom is -0.274 e. The average molecular weight is 266 g/mol. The summed E-state index contributed by atoms with van der Waals surface area (Å²) in [4.78, 5) is 29.6. The highest BCUT2D eigenvalue weighted by Gasteiger charge is 2.41. The van der Waals surface area contributed by atoms with Crippen LogP contribution in [0.25, 0.3) is 0 Å². The molecule has 0 saturated carbocycles. The van der Waals surface area contributed by atoms with Crippen LogP contribution in [0.15, 0.2) is 11.6 Å². The predicted octanol–water partition coefficient (Wildman–Crippen LogP) is 2.99. The van der Waals surface area contributed by atoms with E-state index in [9.17, 15) is 9.59 Å². The number of aromatic nitrogens is 1. The van der Waals surface area contributed by atoms with E-state index in [1.54, 1.807) is 11.6 Å². The Balaban J connectivity index is 2.13. The molecule has 2 rings (SSSR count). The quantitative estimate of drug-likeness (QED) is 0.787. The van der Waals surface area contributed by atoms with Crippen LogP contribution < -0.4 is 4.90 Å². The molecule has 1 aliphatic rings. The van der Waals surface area contributed by atoms with Gasteiger partial charge in [-0.25, -0.2) is 9.88 Å². The molecule has 0 aliphatic carbocycles. The number of hydrogen-bond acceptors (Lipinski definition) is 4. The number of piperidine rings is 1. The molecule has 4 nitrogen and oxygen atoms in total. The number of nitrogens with zero attached hydrogens (tertiary/aromatic N) is 2. The minimum absolute atomic E-state index is 0.111. The standard InChI is InChI=1S/C13H18N2O2S/c1-3-4-5-13(2)8-10(16)15(11(17)9-13)12-14-6-7-18-12/h6-7H,3-5,8-9H2,1-2H3. The summed E-state index contributed by atoms with van der Waals surface area (Å²) in [5.41, 5.74) is -0.169. The van der Waals surface area contributed by atoms with Crippen molar-refractivity contribution in [2.75, 3.05) is 4.90 Å². The van der Waals surface area contributed by atoms with Crippen LogP contribution in [0.1, 0.15) is 46.0 Å². The van der Waals surface area contributed by atoms with E-state index < -0.39 is 0 Å². The van der Waals surface area contributed by atoms with Crippen molar-refractivity contribution in [3.8, 4) is 0 Å². The fraction of sp³-hybridized carbons (Fsp3) is 0.615. The first kappa shape index (κ1) is 13.2. The zero-order valence-electron chi connectivity index (χ0n) is 10.8. The maximum atomic E-state index is 12.2. The number of anilines is 1. The van der Waals surface area contributed by atoms with Gasteiger partial charge < -0.3 is 0 Å². The van der Waals surface area contributed by atoms with E-state index in [-0.39, 0.29) is 17.2 Å². The fourth-order valence-electron chi connectivity index (χ4n) is 2.41. The molecule has 0 spiro atoms. The van der Waals surface area contributed by atoms with Crippen LogP contribution in [-0.4, -0.2) is 16.8 Å². The van der Waals surface area contributed by atoms with Crippen molar-refractivity contribution in [3.63, 3.8) is 0 Å². The number of hydrogen-bond donors (Lipinski definition) is 0. The average Bonchev–Trinajstić information content (AvgIpc) is 2.78. The Morgan fingerprint density at radius 3 is 2.56 bits per heavy atom. The molecule has 18 heavy (non-hydrogen) atoms. The molecule has 1 aromatic heterocycles. The molecule has 2 heterocycles.